The van der Waals surface area contributed by atoms with Crippen LogP contribution < -0.4 is 10.0 Å². The number of benzene rings is 1. The molecule has 4 nitrogen and oxygen atoms in total. The van der Waals surface area contributed by atoms with Crippen molar-refractivity contribution in [3.05, 3.63) is 45.2 Å². The summed E-state index contributed by atoms with van der Waals surface area (Å²) >= 11 is 4.59. The predicted octanol–water partition coefficient (Wildman–Crippen LogP) is 3.73. The molecule has 0 fully saturated rings. The highest BCUT2D eigenvalue weighted by atomic mass is 79.9. The summed E-state index contributed by atoms with van der Waals surface area (Å²) in [5.74, 6) is 0. The zero-order chi connectivity index (χ0) is 15.5. The van der Waals surface area contributed by atoms with Gasteiger partial charge >= 0.3 is 0 Å². The summed E-state index contributed by atoms with van der Waals surface area (Å²) in [6.45, 7) is 5.47. The lowest BCUT2D eigenvalue weighted by Crippen LogP contribution is -2.13. The monoisotopic (exact) mass is 388 g/mol. The van der Waals surface area contributed by atoms with Crippen LogP contribution in [-0.2, 0) is 16.6 Å². The Labute approximate surface area is 137 Å². The van der Waals surface area contributed by atoms with Crippen LogP contribution in [0.2, 0.25) is 0 Å². The normalized spacial score (nSPS) is 11.6. The van der Waals surface area contributed by atoms with Crippen LogP contribution in [0.3, 0.4) is 0 Å². The highest BCUT2D eigenvalue weighted by Gasteiger charge is 2.18. The molecule has 0 saturated carbocycles. The Morgan fingerprint density at radius 2 is 2.05 bits per heavy atom. The molecule has 0 unspecified atom stereocenters. The summed E-state index contributed by atoms with van der Waals surface area (Å²) in [6.07, 6.45) is 0. The number of anilines is 1. The van der Waals surface area contributed by atoms with Crippen LogP contribution in [0.15, 0.2) is 38.3 Å². The minimum Gasteiger partial charge on any atom is -0.313 e. The van der Waals surface area contributed by atoms with Crippen LogP contribution in [0.4, 0.5) is 5.69 Å². The smallest absolute Gasteiger partial charge is 0.271 e. The predicted molar refractivity (Wildman–Crippen MR) is 91.4 cm³/mol. The van der Waals surface area contributed by atoms with Crippen molar-refractivity contribution in [1.82, 2.24) is 5.32 Å². The molecule has 114 valence electrons. The van der Waals surface area contributed by atoms with E-state index in [0.29, 0.717) is 16.4 Å². The largest absolute Gasteiger partial charge is 0.313 e. The third-order valence-corrected chi connectivity index (χ3v) is 6.39. The fraction of sp³-hybridized carbons (Fsp3) is 0.286. The molecule has 1 aromatic heterocycles. The number of sulfonamides is 1. The SMILES string of the molecule is CCNCc1csc(S(=O)(=O)Nc2cc(C)ccc2Br)c1. The van der Waals surface area contributed by atoms with Crippen LogP contribution in [0.5, 0.6) is 0 Å². The lowest BCUT2D eigenvalue weighted by Gasteiger charge is -2.09. The van der Waals surface area contributed by atoms with Gasteiger partial charge in [0.1, 0.15) is 4.21 Å². The van der Waals surface area contributed by atoms with E-state index >= 15 is 0 Å². The Balaban J connectivity index is 2.22. The van der Waals surface area contributed by atoms with Gasteiger partial charge in [-0.05, 0) is 64.1 Å². The second-order valence-corrected chi connectivity index (χ2v) is 8.32. The lowest BCUT2D eigenvalue weighted by molar-refractivity contribution is 0.603. The van der Waals surface area contributed by atoms with Gasteiger partial charge in [-0.25, -0.2) is 8.42 Å². The quantitative estimate of drug-likeness (QED) is 0.792. The first kappa shape index (κ1) is 16.5. The van der Waals surface area contributed by atoms with Gasteiger partial charge in [0, 0.05) is 11.0 Å². The molecule has 2 rings (SSSR count). The summed E-state index contributed by atoms with van der Waals surface area (Å²) in [4.78, 5) is 0. The van der Waals surface area contributed by atoms with Crippen molar-refractivity contribution in [1.29, 1.82) is 0 Å². The van der Waals surface area contributed by atoms with Gasteiger partial charge in [0.15, 0.2) is 0 Å². The summed E-state index contributed by atoms with van der Waals surface area (Å²) in [5, 5.41) is 5.04. The highest BCUT2D eigenvalue weighted by Crippen LogP contribution is 2.28. The average molecular weight is 389 g/mol. The maximum atomic E-state index is 12.4. The van der Waals surface area contributed by atoms with E-state index in [2.05, 4.69) is 26.0 Å². The number of hydrogen-bond acceptors (Lipinski definition) is 4. The summed E-state index contributed by atoms with van der Waals surface area (Å²) in [7, 11) is -3.55. The molecule has 7 heteroatoms. The van der Waals surface area contributed by atoms with Crippen molar-refractivity contribution >= 4 is 43.0 Å². The standard InChI is InChI=1S/C14H17BrN2O2S2/c1-3-16-8-11-7-14(20-9-11)21(18,19)17-13-6-10(2)4-5-12(13)15/h4-7,9,16-17H,3,8H2,1-2H3. The Hall–Kier alpha value is -0.890. The first-order valence-electron chi connectivity index (χ1n) is 6.49. The molecule has 0 spiro atoms. The van der Waals surface area contributed by atoms with Crippen LogP contribution >= 0.6 is 27.3 Å². The molecule has 1 aromatic carbocycles. The molecule has 2 N–H and O–H groups in total. The second-order valence-electron chi connectivity index (χ2n) is 4.64. The van der Waals surface area contributed by atoms with Crippen LogP contribution in [0, 0.1) is 6.92 Å². The fourth-order valence-corrected chi connectivity index (χ4v) is 4.53. The molecule has 0 bridgehead atoms. The molecule has 0 atom stereocenters. The first-order chi connectivity index (χ1) is 9.92. The Morgan fingerprint density at radius 3 is 2.76 bits per heavy atom. The van der Waals surface area contributed by atoms with E-state index in [-0.39, 0.29) is 0 Å². The molecule has 0 amide bonds. The van der Waals surface area contributed by atoms with Crippen molar-refractivity contribution in [3.8, 4) is 0 Å². The summed E-state index contributed by atoms with van der Waals surface area (Å²) < 4.78 is 28.5. The summed E-state index contributed by atoms with van der Waals surface area (Å²) in [6, 6.07) is 7.26. The Morgan fingerprint density at radius 1 is 1.29 bits per heavy atom. The summed E-state index contributed by atoms with van der Waals surface area (Å²) in [5.41, 5.74) is 2.53. The maximum absolute atomic E-state index is 12.4. The van der Waals surface area contributed by atoms with Crippen LogP contribution in [0.1, 0.15) is 18.1 Å². The third-order valence-electron chi connectivity index (χ3n) is 2.84. The third kappa shape index (κ3) is 4.29. The minimum absolute atomic E-state index is 0.323. The van der Waals surface area contributed by atoms with Gasteiger partial charge in [0.2, 0.25) is 0 Å². The van der Waals surface area contributed by atoms with E-state index in [0.717, 1.165) is 22.1 Å². The Bertz CT molecular complexity index is 726. The number of hydrogen-bond donors (Lipinski definition) is 2. The number of thiophene rings is 1. The van der Waals surface area contributed by atoms with E-state index < -0.39 is 10.0 Å². The first-order valence-corrected chi connectivity index (χ1v) is 9.65. The fourth-order valence-electron chi connectivity index (χ4n) is 1.77. The molecule has 21 heavy (non-hydrogen) atoms. The lowest BCUT2D eigenvalue weighted by atomic mass is 10.2. The van der Waals surface area contributed by atoms with Gasteiger partial charge in [-0.15, -0.1) is 11.3 Å². The number of rotatable bonds is 6. The number of nitrogens with one attached hydrogen (secondary N) is 2. The van der Waals surface area contributed by atoms with Crippen molar-refractivity contribution in [3.63, 3.8) is 0 Å². The van der Waals surface area contributed by atoms with Gasteiger partial charge in [0.05, 0.1) is 5.69 Å². The molecule has 0 radical (unpaired) electrons. The van der Waals surface area contributed by atoms with Gasteiger partial charge < -0.3 is 5.32 Å². The van der Waals surface area contributed by atoms with Gasteiger partial charge in [-0.2, -0.15) is 0 Å². The van der Waals surface area contributed by atoms with E-state index in [1.165, 1.54) is 11.3 Å². The molecular weight excluding hydrogens is 372 g/mol. The van der Waals surface area contributed by atoms with Gasteiger partial charge in [0.25, 0.3) is 10.0 Å². The van der Waals surface area contributed by atoms with Crippen molar-refractivity contribution in [2.75, 3.05) is 11.3 Å². The van der Waals surface area contributed by atoms with E-state index in [1.807, 2.05) is 31.4 Å². The second kappa shape index (κ2) is 6.91. The van der Waals surface area contributed by atoms with Crippen LogP contribution in [-0.4, -0.2) is 15.0 Å². The molecule has 0 aliphatic rings. The van der Waals surface area contributed by atoms with E-state index in [9.17, 15) is 8.42 Å². The Kier molecular flexibility index (Phi) is 5.43. The number of halogens is 1. The molecule has 2 aromatic rings. The van der Waals surface area contributed by atoms with Crippen molar-refractivity contribution < 1.29 is 8.42 Å². The van der Waals surface area contributed by atoms with Gasteiger partial charge in [-0.1, -0.05) is 13.0 Å². The molecule has 0 saturated heterocycles. The average Bonchev–Trinajstić information content (AvgIpc) is 2.90. The van der Waals surface area contributed by atoms with E-state index in [1.54, 1.807) is 12.1 Å². The zero-order valence-electron chi connectivity index (χ0n) is 11.8. The number of aryl methyl sites for hydroxylation is 1. The van der Waals surface area contributed by atoms with Crippen molar-refractivity contribution in [2.45, 2.75) is 24.6 Å². The molecular formula is C14H17BrN2O2S2. The van der Waals surface area contributed by atoms with Crippen LogP contribution in [0.25, 0.3) is 0 Å². The van der Waals surface area contributed by atoms with Crippen molar-refractivity contribution in [2.24, 2.45) is 0 Å². The minimum atomic E-state index is -3.55. The van der Waals surface area contributed by atoms with E-state index in [4.69, 9.17) is 0 Å². The maximum Gasteiger partial charge on any atom is 0.271 e. The highest BCUT2D eigenvalue weighted by molar-refractivity contribution is 9.10. The van der Waals surface area contributed by atoms with Gasteiger partial charge in [-0.3, -0.25) is 4.72 Å². The molecule has 0 aliphatic carbocycles. The topological polar surface area (TPSA) is 58.2 Å². The molecule has 1 heterocycles. The zero-order valence-corrected chi connectivity index (χ0v) is 15.0. The molecule has 0 aliphatic heterocycles.